The molecule has 0 radical (unpaired) electrons. The molecule has 7 atom stereocenters. The minimum atomic E-state index is -3.85. The van der Waals surface area contributed by atoms with Gasteiger partial charge in [0.15, 0.2) is 6.17 Å². The van der Waals surface area contributed by atoms with E-state index in [1.54, 1.807) is 0 Å². The number of aliphatic hydroxyl groups excluding tert-OH is 3. The third-order valence-corrected chi connectivity index (χ3v) is 3.61. The van der Waals surface area contributed by atoms with Crippen molar-refractivity contribution in [2.75, 3.05) is 6.61 Å². The Labute approximate surface area is 135 Å². The zero-order valence-corrected chi connectivity index (χ0v) is 12.7. The maximum absolute atomic E-state index is 14.5. The van der Waals surface area contributed by atoms with Crippen LogP contribution in [0.3, 0.4) is 0 Å². The van der Waals surface area contributed by atoms with Gasteiger partial charge in [0.05, 0.1) is 18.7 Å². The number of aliphatic carboxylic acids is 1. The van der Waals surface area contributed by atoms with Crippen LogP contribution in [-0.2, 0) is 14.3 Å². The molecule has 0 saturated carbocycles. The molecule has 2 unspecified atom stereocenters. The van der Waals surface area contributed by atoms with Gasteiger partial charge >= 0.3 is 11.8 Å². The number of hydrogen-bond acceptors (Lipinski definition) is 7. The number of carbonyl (C=O) groups excluding carboxylic acids is 1. The van der Waals surface area contributed by atoms with Crippen LogP contribution in [0.4, 0.5) is 8.78 Å². The molecule has 1 amide bonds. The summed E-state index contributed by atoms with van der Waals surface area (Å²) in [5.41, 5.74) is 0. The number of carboxylic acids is 1. The maximum Gasteiger partial charge on any atom is 0.372 e. The number of carbonyl (C=O) groups is 2. The van der Waals surface area contributed by atoms with Crippen molar-refractivity contribution in [1.82, 2.24) is 10.6 Å². The van der Waals surface area contributed by atoms with E-state index >= 15 is 0 Å². The highest BCUT2D eigenvalue weighted by molar-refractivity contribution is 5.77. The van der Waals surface area contributed by atoms with E-state index in [2.05, 4.69) is 21.9 Å². The van der Waals surface area contributed by atoms with Crippen molar-refractivity contribution in [3.8, 4) is 0 Å². The van der Waals surface area contributed by atoms with E-state index in [1.807, 2.05) is 0 Å². The first-order valence-corrected chi connectivity index (χ1v) is 6.95. The number of alkyl halides is 2. The zero-order chi connectivity index (χ0) is 18.7. The molecule has 0 aromatic carbocycles. The highest BCUT2D eigenvalue weighted by Gasteiger charge is 2.62. The van der Waals surface area contributed by atoms with Gasteiger partial charge in [-0.05, 0) is 6.20 Å². The average Bonchev–Trinajstić information content (AvgIpc) is 2.52. The van der Waals surface area contributed by atoms with Crippen molar-refractivity contribution in [3.63, 3.8) is 0 Å². The Morgan fingerprint density at radius 3 is 2.42 bits per heavy atom. The van der Waals surface area contributed by atoms with Crippen molar-refractivity contribution >= 4 is 11.9 Å². The van der Waals surface area contributed by atoms with Crippen molar-refractivity contribution in [3.05, 3.63) is 12.8 Å². The standard InChI is InChI=1S/C13H20F2N2O7/c1-3-16-8-7(17-5(2)19)10(9(21)6(20)4-18)24-13(15,11(8)14)12(22)23/h3,6-11,16,18,20-21H,1,4H2,2H3,(H,17,19)(H,22,23)/t6-,7-,8?,9-,10?,11+,13-/m1/s1. The summed E-state index contributed by atoms with van der Waals surface area (Å²) in [6, 6.07) is -3.14. The molecule has 1 heterocycles. The number of hydrogen-bond donors (Lipinski definition) is 6. The molecule has 0 aromatic rings. The first kappa shape index (κ1) is 20.2. The molecular formula is C13H20F2N2O7. The summed E-state index contributed by atoms with van der Waals surface area (Å²) in [6.07, 6.45) is -7.56. The van der Waals surface area contributed by atoms with E-state index in [0.29, 0.717) is 0 Å². The molecule has 1 aliphatic heterocycles. The van der Waals surface area contributed by atoms with Gasteiger partial charge in [0.1, 0.15) is 18.3 Å². The minimum Gasteiger partial charge on any atom is -0.477 e. The van der Waals surface area contributed by atoms with Gasteiger partial charge in [-0.3, -0.25) is 4.79 Å². The monoisotopic (exact) mass is 354 g/mol. The zero-order valence-electron chi connectivity index (χ0n) is 12.7. The van der Waals surface area contributed by atoms with Crippen LogP contribution in [0, 0.1) is 0 Å². The van der Waals surface area contributed by atoms with Crippen LogP contribution in [0.1, 0.15) is 6.92 Å². The second-order valence-corrected chi connectivity index (χ2v) is 5.30. The number of aliphatic hydroxyl groups is 3. The second-order valence-electron chi connectivity index (χ2n) is 5.30. The molecule has 6 N–H and O–H groups in total. The molecule has 11 heteroatoms. The van der Waals surface area contributed by atoms with Gasteiger partial charge in [-0.2, -0.15) is 4.39 Å². The van der Waals surface area contributed by atoms with Crippen molar-refractivity contribution in [2.45, 2.75) is 49.3 Å². The van der Waals surface area contributed by atoms with E-state index in [4.69, 9.17) is 10.2 Å². The first-order chi connectivity index (χ1) is 11.1. The summed E-state index contributed by atoms with van der Waals surface area (Å²) in [5, 5.41) is 41.8. The molecule has 24 heavy (non-hydrogen) atoms. The number of rotatable bonds is 7. The van der Waals surface area contributed by atoms with Crippen LogP contribution >= 0.6 is 0 Å². The number of halogens is 2. The van der Waals surface area contributed by atoms with Crippen molar-refractivity contribution in [2.24, 2.45) is 0 Å². The topological polar surface area (TPSA) is 148 Å². The molecule has 0 bridgehead atoms. The quantitative estimate of drug-likeness (QED) is 0.302. The Bertz CT molecular complexity index is 495. The first-order valence-electron chi connectivity index (χ1n) is 6.95. The summed E-state index contributed by atoms with van der Waals surface area (Å²) in [7, 11) is 0. The summed E-state index contributed by atoms with van der Waals surface area (Å²) < 4.78 is 33.5. The maximum atomic E-state index is 14.5. The number of nitrogens with one attached hydrogen (secondary N) is 2. The number of ether oxygens (including phenoxy) is 1. The molecule has 1 rings (SSSR count). The van der Waals surface area contributed by atoms with E-state index < -0.39 is 60.9 Å². The molecular weight excluding hydrogens is 334 g/mol. The average molecular weight is 354 g/mol. The van der Waals surface area contributed by atoms with Gasteiger partial charge in [-0.25, -0.2) is 9.18 Å². The van der Waals surface area contributed by atoms with Gasteiger partial charge < -0.3 is 35.8 Å². The van der Waals surface area contributed by atoms with E-state index in [-0.39, 0.29) is 0 Å². The van der Waals surface area contributed by atoms with Crippen LogP contribution in [0.15, 0.2) is 12.8 Å². The highest BCUT2D eigenvalue weighted by atomic mass is 19.2. The van der Waals surface area contributed by atoms with E-state index in [1.165, 1.54) is 0 Å². The summed E-state index contributed by atoms with van der Waals surface area (Å²) in [6.45, 7) is 3.36. The molecule has 0 aliphatic carbocycles. The van der Waals surface area contributed by atoms with Crippen molar-refractivity contribution < 1.29 is 43.5 Å². The Kier molecular flexibility index (Phi) is 6.60. The van der Waals surface area contributed by atoms with E-state index in [9.17, 15) is 28.6 Å². The van der Waals surface area contributed by atoms with Gasteiger partial charge in [-0.15, -0.1) is 0 Å². The Morgan fingerprint density at radius 1 is 1.42 bits per heavy atom. The Balaban J connectivity index is 3.33. The fraction of sp³-hybridized carbons (Fsp3) is 0.692. The molecule has 1 saturated heterocycles. The van der Waals surface area contributed by atoms with Gasteiger partial charge in [0.2, 0.25) is 5.91 Å². The lowest BCUT2D eigenvalue weighted by molar-refractivity contribution is -0.277. The third kappa shape index (κ3) is 3.80. The lowest BCUT2D eigenvalue weighted by Crippen LogP contribution is -2.73. The predicted molar refractivity (Wildman–Crippen MR) is 75.1 cm³/mol. The van der Waals surface area contributed by atoms with Crippen LogP contribution in [0.5, 0.6) is 0 Å². The highest BCUT2D eigenvalue weighted by Crippen LogP contribution is 2.35. The van der Waals surface area contributed by atoms with Gasteiger partial charge in [0, 0.05) is 6.92 Å². The van der Waals surface area contributed by atoms with Gasteiger partial charge in [-0.1, -0.05) is 6.58 Å². The smallest absolute Gasteiger partial charge is 0.372 e. The lowest BCUT2D eigenvalue weighted by Gasteiger charge is -2.47. The third-order valence-electron chi connectivity index (χ3n) is 3.61. The van der Waals surface area contributed by atoms with Crippen molar-refractivity contribution in [1.29, 1.82) is 0 Å². The Hall–Kier alpha value is -1.82. The van der Waals surface area contributed by atoms with E-state index in [0.717, 1.165) is 13.1 Å². The Morgan fingerprint density at radius 2 is 2.00 bits per heavy atom. The molecule has 1 aliphatic rings. The summed E-state index contributed by atoms with van der Waals surface area (Å²) >= 11 is 0. The van der Waals surface area contributed by atoms with Crippen LogP contribution in [0.25, 0.3) is 0 Å². The molecule has 0 aromatic heterocycles. The molecule has 0 spiro atoms. The molecule has 9 nitrogen and oxygen atoms in total. The van der Waals surface area contributed by atoms with Crippen LogP contribution < -0.4 is 10.6 Å². The summed E-state index contributed by atoms with van der Waals surface area (Å²) in [5.74, 6) is -6.84. The van der Waals surface area contributed by atoms with Crippen LogP contribution in [0.2, 0.25) is 0 Å². The largest absolute Gasteiger partial charge is 0.477 e. The number of amides is 1. The second kappa shape index (κ2) is 7.83. The predicted octanol–water partition coefficient (Wildman–Crippen LogP) is -2.21. The fourth-order valence-corrected chi connectivity index (χ4v) is 2.46. The normalized spacial score (nSPS) is 35.6. The lowest BCUT2D eigenvalue weighted by atomic mass is 9.86. The fourth-order valence-electron chi connectivity index (χ4n) is 2.46. The van der Waals surface area contributed by atoms with Gasteiger partial charge in [0.25, 0.3) is 0 Å². The van der Waals surface area contributed by atoms with Crippen LogP contribution in [-0.4, -0.2) is 81.3 Å². The SMILES string of the molecule is C=CNC1[C@@H](NC(C)=O)C([C@H](O)[C@H](O)CO)O[C@@](F)(C(=O)O)[C@H]1F. The number of carboxylic acid groups (broad SMARTS) is 1. The summed E-state index contributed by atoms with van der Waals surface area (Å²) in [4.78, 5) is 22.4. The molecule has 138 valence electrons. The molecule has 1 fully saturated rings. The minimum absolute atomic E-state index is 0.705.